The predicted octanol–water partition coefficient (Wildman–Crippen LogP) is 2.22. The third kappa shape index (κ3) is 3.29. The maximum atomic E-state index is 12.7. The zero-order chi connectivity index (χ0) is 16.2. The number of amides is 1. The number of ether oxygens (including phenoxy) is 2. The summed E-state index contributed by atoms with van der Waals surface area (Å²) in [5.41, 5.74) is 2.34. The number of aliphatic hydroxyl groups excluding tert-OH is 1. The van der Waals surface area contributed by atoms with Crippen LogP contribution in [0, 0.1) is 0 Å². The summed E-state index contributed by atoms with van der Waals surface area (Å²) in [5.74, 6) is 1.45. The van der Waals surface area contributed by atoms with Crippen LogP contribution in [0.1, 0.15) is 21.5 Å². The van der Waals surface area contributed by atoms with Crippen molar-refractivity contribution >= 4 is 5.91 Å². The maximum absolute atomic E-state index is 12.7. The number of nitrogens with zero attached hydrogens (tertiary/aromatic N) is 1. The van der Waals surface area contributed by atoms with Gasteiger partial charge in [0.05, 0.1) is 20.3 Å². The molecule has 120 valence electrons. The molecule has 2 aromatic rings. The van der Waals surface area contributed by atoms with Crippen LogP contribution in [0.15, 0.2) is 42.5 Å². The average Bonchev–Trinajstić information content (AvgIpc) is 2.82. The first-order valence-electron chi connectivity index (χ1n) is 7.50. The van der Waals surface area contributed by atoms with Crippen molar-refractivity contribution in [2.24, 2.45) is 0 Å². The Bertz CT molecular complexity index is 697. The van der Waals surface area contributed by atoms with E-state index in [1.165, 1.54) is 0 Å². The highest BCUT2D eigenvalue weighted by molar-refractivity contribution is 5.94. The molecule has 1 aliphatic rings. The summed E-state index contributed by atoms with van der Waals surface area (Å²) in [6.45, 7) is 1.41. The monoisotopic (exact) mass is 313 g/mol. The standard InChI is InChI=1S/C18H19NO4/c1-22-16-5-3-14(4-6-16)18(21)19-8-9-23-17-7-2-13(12-20)10-15(17)11-19/h2-7,10,20H,8-9,11-12H2,1H3. The second-order valence-electron chi connectivity index (χ2n) is 5.40. The highest BCUT2D eigenvalue weighted by atomic mass is 16.5. The Hall–Kier alpha value is -2.53. The molecule has 0 fully saturated rings. The van der Waals surface area contributed by atoms with Crippen LogP contribution in [-0.4, -0.2) is 36.2 Å². The first kappa shape index (κ1) is 15.4. The first-order valence-corrected chi connectivity index (χ1v) is 7.50. The number of hydrogen-bond donors (Lipinski definition) is 1. The van der Waals surface area contributed by atoms with Crippen molar-refractivity contribution in [2.75, 3.05) is 20.3 Å². The Morgan fingerprint density at radius 1 is 1.26 bits per heavy atom. The topological polar surface area (TPSA) is 59.0 Å². The fourth-order valence-electron chi connectivity index (χ4n) is 2.64. The SMILES string of the molecule is COc1ccc(C(=O)N2CCOc3ccc(CO)cc3C2)cc1. The van der Waals surface area contributed by atoms with Crippen LogP contribution < -0.4 is 9.47 Å². The second kappa shape index (κ2) is 6.71. The van der Waals surface area contributed by atoms with E-state index in [0.29, 0.717) is 25.3 Å². The van der Waals surface area contributed by atoms with Gasteiger partial charge in [0, 0.05) is 17.7 Å². The number of carbonyl (C=O) groups excluding carboxylic acids is 1. The van der Waals surface area contributed by atoms with Crippen molar-refractivity contribution in [1.29, 1.82) is 0 Å². The van der Waals surface area contributed by atoms with Gasteiger partial charge in [0.25, 0.3) is 5.91 Å². The quantitative estimate of drug-likeness (QED) is 0.944. The Kier molecular flexibility index (Phi) is 4.48. The second-order valence-corrected chi connectivity index (χ2v) is 5.40. The fourth-order valence-corrected chi connectivity index (χ4v) is 2.64. The molecule has 0 aliphatic carbocycles. The van der Waals surface area contributed by atoms with E-state index >= 15 is 0 Å². The average molecular weight is 313 g/mol. The summed E-state index contributed by atoms with van der Waals surface area (Å²) < 4.78 is 10.8. The smallest absolute Gasteiger partial charge is 0.254 e. The molecule has 5 heteroatoms. The van der Waals surface area contributed by atoms with Crippen LogP contribution >= 0.6 is 0 Å². The number of aliphatic hydroxyl groups is 1. The number of carbonyl (C=O) groups is 1. The van der Waals surface area contributed by atoms with Gasteiger partial charge in [-0.15, -0.1) is 0 Å². The van der Waals surface area contributed by atoms with Crippen molar-refractivity contribution < 1.29 is 19.4 Å². The van der Waals surface area contributed by atoms with Crippen molar-refractivity contribution in [3.05, 3.63) is 59.2 Å². The molecule has 0 atom stereocenters. The lowest BCUT2D eigenvalue weighted by Crippen LogP contribution is -2.32. The van der Waals surface area contributed by atoms with Crippen molar-refractivity contribution in [3.63, 3.8) is 0 Å². The largest absolute Gasteiger partial charge is 0.497 e. The molecule has 0 radical (unpaired) electrons. The minimum Gasteiger partial charge on any atom is -0.497 e. The highest BCUT2D eigenvalue weighted by Crippen LogP contribution is 2.25. The van der Waals surface area contributed by atoms with Crippen molar-refractivity contribution in [3.8, 4) is 11.5 Å². The summed E-state index contributed by atoms with van der Waals surface area (Å²) >= 11 is 0. The molecule has 0 saturated carbocycles. The molecule has 1 amide bonds. The highest BCUT2D eigenvalue weighted by Gasteiger charge is 2.21. The molecular formula is C18H19NO4. The van der Waals surface area contributed by atoms with Gasteiger partial charge in [-0.2, -0.15) is 0 Å². The van der Waals surface area contributed by atoms with Gasteiger partial charge in [0.2, 0.25) is 0 Å². The molecule has 1 aliphatic heterocycles. The first-order chi connectivity index (χ1) is 11.2. The zero-order valence-electron chi connectivity index (χ0n) is 13.0. The zero-order valence-corrected chi connectivity index (χ0v) is 13.0. The van der Waals surface area contributed by atoms with Crippen molar-refractivity contribution in [1.82, 2.24) is 4.90 Å². The van der Waals surface area contributed by atoms with Gasteiger partial charge in [0.1, 0.15) is 18.1 Å². The van der Waals surface area contributed by atoms with E-state index in [-0.39, 0.29) is 12.5 Å². The van der Waals surface area contributed by atoms with Crippen LogP contribution in [0.3, 0.4) is 0 Å². The Balaban J connectivity index is 1.82. The summed E-state index contributed by atoms with van der Waals surface area (Å²) in [5, 5.41) is 9.28. The summed E-state index contributed by atoms with van der Waals surface area (Å²) in [7, 11) is 1.60. The third-order valence-corrected chi connectivity index (χ3v) is 3.91. The molecule has 3 rings (SSSR count). The molecule has 23 heavy (non-hydrogen) atoms. The summed E-state index contributed by atoms with van der Waals surface area (Å²) in [4.78, 5) is 14.5. The fraction of sp³-hybridized carbons (Fsp3) is 0.278. The molecule has 1 heterocycles. The van der Waals surface area contributed by atoms with Gasteiger partial charge in [-0.05, 0) is 42.0 Å². The lowest BCUT2D eigenvalue weighted by atomic mass is 10.1. The van der Waals surface area contributed by atoms with Crippen LogP contribution in [-0.2, 0) is 13.2 Å². The van der Waals surface area contributed by atoms with E-state index in [2.05, 4.69) is 0 Å². The van der Waals surface area contributed by atoms with Crippen LogP contribution in [0.25, 0.3) is 0 Å². The van der Waals surface area contributed by atoms with Crippen molar-refractivity contribution in [2.45, 2.75) is 13.2 Å². The molecular weight excluding hydrogens is 294 g/mol. The third-order valence-electron chi connectivity index (χ3n) is 3.91. The minimum absolute atomic E-state index is 0.0281. The Morgan fingerprint density at radius 2 is 2.04 bits per heavy atom. The van der Waals surface area contributed by atoms with Gasteiger partial charge in [0.15, 0.2) is 0 Å². The number of benzene rings is 2. The van der Waals surface area contributed by atoms with Crippen LogP contribution in [0.4, 0.5) is 0 Å². The summed E-state index contributed by atoms with van der Waals surface area (Å²) in [6, 6.07) is 12.6. The van der Waals surface area contributed by atoms with Crippen LogP contribution in [0.2, 0.25) is 0 Å². The molecule has 0 aromatic heterocycles. The van der Waals surface area contributed by atoms with Gasteiger partial charge in [-0.1, -0.05) is 6.07 Å². The van der Waals surface area contributed by atoms with Gasteiger partial charge in [-0.3, -0.25) is 4.79 Å². The van der Waals surface area contributed by atoms with Gasteiger partial charge < -0.3 is 19.5 Å². The molecule has 0 unspecified atom stereocenters. The van der Waals surface area contributed by atoms with E-state index in [4.69, 9.17) is 9.47 Å². The number of rotatable bonds is 3. The number of methoxy groups -OCH3 is 1. The minimum atomic E-state index is -0.0431. The molecule has 1 N–H and O–H groups in total. The number of hydrogen-bond acceptors (Lipinski definition) is 4. The van der Waals surface area contributed by atoms with Gasteiger partial charge in [-0.25, -0.2) is 0 Å². The van der Waals surface area contributed by atoms with Crippen LogP contribution in [0.5, 0.6) is 11.5 Å². The molecule has 0 bridgehead atoms. The normalized spacial score (nSPS) is 13.7. The van der Waals surface area contributed by atoms with E-state index in [9.17, 15) is 9.90 Å². The Labute approximate surface area is 135 Å². The number of fused-ring (bicyclic) bond motifs is 1. The lowest BCUT2D eigenvalue weighted by molar-refractivity contribution is 0.0733. The molecule has 5 nitrogen and oxygen atoms in total. The van der Waals surface area contributed by atoms with E-state index < -0.39 is 0 Å². The molecule has 0 spiro atoms. The lowest BCUT2D eigenvalue weighted by Gasteiger charge is -2.20. The van der Waals surface area contributed by atoms with Gasteiger partial charge >= 0.3 is 0 Å². The molecule has 0 saturated heterocycles. The maximum Gasteiger partial charge on any atom is 0.254 e. The Morgan fingerprint density at radius 3 is 2.74 bits per heavy atom. The predicted molar refractivity (Wildman–Crippen MR) is 85.6 cm³/mol. The van der Waals surface area contributed by atoms with E-state index in [1.54, 1.807) is 36.3 Å². The van der Waals surface area contributed by atoms with E-state index in [0.717, 1.165) is 22.6 Å². The molecule has 2 aromatic carbocycles. The van der Waals surface area contributed by atoms with E-state index in [1.807, 2.05) is 18.2 Å². The summed E-state index contributed by atoms with van der Waals surface area (Å²) in [6.07, 6.45) is 0.